The first-order valence-electron chi connectivity index (χ1n) is 6.08. The SMILES string of the molecule is CSCCC(C)N(C)c1ccc(S(C)(=O)=O)cc1N. The third-order valence-corrected chi connectivity index (χ3v) is 4.96. The highest BCUT2D eigenvalue weighted by molar-refractivity contribution is 7.98. The number of thioether (sulfide) groups is 1. The quantitative estimate of drug-likeness (QED) is 0.817. The van der Waals surface area contributed by atoms with Gasteiger partial charge in [0, 0.05) is 19.3 Å². The highest BCUT2D eigenvalue weighted by atomic mass is 32.2. The third kappa shape index (κ3) is 4.31. The van der Waals surface area contributed by atoms with E-state index in [1.807, 2.05) is 18.8 Å². The zero-order chi connectivity index (χ0) is 14.6. The van der Waals surface area contributed by atoms with Gasteiger partial charge in [-0.3, -0.25) is 0 Å². The molecule has 6 heteroatoms. The lowest BCUT2D eigenvalue weighted by molar-refractivity contribution is 0.602. The zero-order valence-corrected chi connectivity index (χ0v) is 13.5. The fraction of sp³-hybridized carbons (Fsp3) is 0.538. The molecule has 0 radical (unpaired) electrons. The molecule has 1 atom stereocenters. The lowest BCUT2D eigenvalue weighted by atomic mass is 10.2. The molecule has 4 nitrogen and oxygen atoms in total. The first-order chi connectivity index (χ1) is 8.77. The van der Waals surface area contributed by atoms with Crippen LogP contribution < -0.4 is 10.6 Å². The summed E-state index contributed by atoms with van der Waals surface area (Å²) in [7, 11) is -1.22. The van der Waals surface area contributed by atoms with Crippen molar-refractivity contribution in [3.63, 3.8) is 0 Å². The molecule has 2 N–H and O–H groups in total. The number of rotatable bonds is 6. The number of hydrogen-bond acceptors (Lipinski definition) is 5. The molecule has 1 aromatic rings. The normalized spacial score (nSPS) is 13.3. The van der Waals surface area contributed by atoms with E-state index in [1.165, 1.54) is 12.3 Å². The van der Waals surface area contributed by atoms with Crippen LogP contribution >= 0.6 is 11.8 Å². The minimum atomic E-state index is -3.20. The van der Waals surface area contributed by atoms with Crippen LogP contribution in [0, 0.1) is 0 Å². The highest BCUT2D eigenvalue weighted by Gasteiger charge is 2.15. The van der Waals surface area contributed by atoms with E-state index in [-0.39, 0.29) is 4.90 Å². The smallest absolute Gasteiger partial charge is 0.175 e. The number of nitrogens with two attached hydrogens (primary N) is 1. The Hall–Kier alpha value is -0.880. The second-order valence-corrected chi connectivity index (χ2v) is 7.74. The predicted octanol–water partition coefficient (Wildman–Crippen LogP) is 2.25. The van der Waals surface area contributed by atoms with Crippen molar-refractivity contribution in [1.29, 1.82) is 0 Å². The molecule has 1 aromatic carbocycles. The molecule has 0 spiro atoms. The maximum Gasteiger partial charge on any atom is 0.175 e. The Kier molecular flexibility index (Phi) is 5.55. The molecule has 0 fully saturated rings. The van der Waals surface area contributed by atoms with Crippen molar-refractivity contribution in [3.05, 3.63) is 18.2 Å². The van der Waals surface area contributed by atoms with Crippen molar-refractivity contribution in [2.24, 2.45) is 0 Å². The Morgan fingerprint density at radius 2 is 2.05 bits per heavy atom. The van der Waals surface area contributed by atoms with E-state index in [0.717, 1.165) is 17.9 Å². The maximum atomic E-state index is 11.5. The third-order valence-electron chi connectivity index (χ3n) is 3.21. The summed E-state index contributed by atoms with van der Waals surface area (Å²) < 4.78 is 22.9. The monoisotopic (exact) mass is 302 g/mol. The van der Waals surface area contributed by atoms with E-state index >= 15 is 0 Å². The summed E-state index contributed by atoms with van der Waals surface area (Å²) in [5, 5.41) is 0. The molecule has 0 aliphatic carbocycles. The Bertz CT molecular complexity index is 529. The highest BCUT2D eigenvalue weighted by Crippen LogP contribution is 2.27. The van der Waals surface area contributed by atoms with Crippen molar-refractivity contribution in [2.75, 3.05) is 35.9 Å². The zero-order valence-electron chi connectivity index (χ0n) is 11.9. The van der Waals surface area contributed by atoms with Crippen LogP contribution in [-0.2, 0) is 9.84 Å². The maximum absolute atomic E-state index is 11.5. The molecule has 0 aliphatic rings. The number of nitrogen functional groups attached to an aromatic ring is 1. The van der Waals surface area contributed by atoms with Gasteiger partial charge < -0.3 is 10.6 Å². The molecule has 19 heavy (non-hydrogen) atoms. The number of hydrogen-bond donors (Lipinski definition) is 1. The van der Waals surface area contributed by atoms with Crippen LogP contribution in [0.2, 0.25) is 0 Å². The molecule has 0 saturated carbocycles. The van der Waals surface area contributed by atoms with Gasteiger partial charge in [0.2, 0.25) is 0 Å². The van der Waals surface area contributed by atoms with Crippen LogP contribution in [0.15, 0.2) is 23.1 Å². The van der Waals surface area contributed by atoms with Crippen molar-refractivity contribution in [1.82, 2.24) is 0 Å². The molecule has 0 saturated heterocycles. The van der Waals surface area contributed by atoms with Crippen molar-refractivity contribution < 1.29 is 8.42 Å². The summed E-state index contributed by atoms with van der Waals surface area (Å²) in [4.78, 5) is 2.36. The second-order valence-electron chi connectivity index (χ2n) is 4.73. The molecule has 108 valence electrons. The van der Waals surface area contributed by atoms with Gasteiger partial charge in [0.25, 0.3) is 0 Å². The summed E-state index contributed by atoms with van der Waals surface area (Å²) in [5.41, 5.74) is 7.35. The van der Waals surface area contributed by atoms with Gasteiger partial charge in [0.05, 0.1) is 16.3 Å². The topological polar surface area (TPSA) is 63.4 Å². The van der Waals surface area contributed by atoms with Gasteiger partial charge in [-0.05, 0) is 43.6 Å². The molecular formula is C13H22N2O2S2. The average Bonchev–Trinajstić information content (AvgIpc) is 2.33. The van der Waals surface area contributed by atoms with Gasteiger partial charge in [-0.15, -0.1) is 0 Å². The van der Waals surface area contributed by atoms with Crippen LogP contribution in [0.25, 0.3) is 0 Å². The van der Waals surface area contributed by atoms with Crippen LogP contribution in [0.1, 0.15) is 13.3 Å². The Morgan fingerprint density at radius 1 is 1.42 bits per heavy atom. The van der Waals surface area contributed by atoms with Crippen LogP contribution in [-0.4, -0.2) is 39.8 Å². The molecule has 1 rings (SSSR count). The predicted molar refractivity (Wildman–Crippen MR) is 84.8 cm³/mol. The van der Waals surface area contributed by atoms with E-state index in [9.17, 15) is 8.42 Å². The van der Waals surface area contributed by atoms with Gasteiger partial charge in [0.1, 0.15) is 0 Å². The number of anilines is 2. The van der Waals surface area contributed by atoms with Gasteiger partial charge in [0.15, 0.2) is 9.84 Å². The number of benzene rings is 1. The summed E-state index contributed by atoms with van der Waals surface area (Å²) in [5.74, 6) is 1.09. The minimum Gasteiger partial charge on any atom is -0.397 e. The largest absolute Gasteiger partial charge is 0.397 e. The van der Waals surface area contributed by atoms with Crippen molar-refractivity contribution in [2.45, 2.75) is 24.3 Å². The van der Waals surface area contributed by atoms with Crippen molar-refractivity contribution >= 4 is 33.0 Å². The molecule has 1 unspecified atom stereocenters. The van der Waals surface area contributed by atoms with Crippen LogP contribution in [0.5, 0.6) is 0 Å². The van der Waals surface area contributed by atoms with Gasteiger partial charge >= 0.3 is 0 Å². The van der Waals surface area contributed by atoms with Crippen molar-refractivity contribution in [3.8, 4) is 0 Å². The first kappa shape index (κ1) is 16.2. The Balaban J connectivity index is 2.96. The van der Waals surface area contributed by atoms with E-state index in [4.69, 9.17) is 5.73 Å². The fourth-order valence-corrected chi connectivity index (χ4v) is 3.04. The van der Waals surface area contributed by atoms with E-state index < -0.39 is 9.84 Å². The van der Waals surface area contributed by atoms with Gasteiger partial charge in [-0.1, -0.05) is 0 Å². The van der Waals surface area contributed by atoms with Crippen LogP contribution in [0.3, 0.4) is 0 Å². The van der Waals surface area contributed by atoms with Gasteiger partial charge in [-0.25, -0.2) is 8.42 Å². The summed E-state index contributed by atoms with van der Waals surface area (Å²) in [6, 6.07) is 5.28. The molecule has 0 aromatic heterocycles. The van der Waals surface area contributed by atoms with E-state index in [0.29, 0.717) is 11.7 Å². The summed E-state index contributed by atoms with van der Waals surface area (Å²) in [6.45, 7) is 2.14. The lowest BCUT2D eigenvalue weighted by Gasteiger charge is -2.28. The minimum absolute atomic E-state index is 0.263. The average molecular weight is 302 g/mol. The first-order valence-corrected chi connectivity index (χ1v) is 9.37. The summed E-state index contributed by atoms with van der Waals surface area (Å²) in [6.07, 6.45) is 4.33. The number of sulfone groups is 1. The number of nitrogens with zero attached hydrogens (tertiary/aromatic N) is 1. The fourth-order valence-electron chi connectivity index (χ4n) is 1.80. The Labute approximate surface area is 120 Å². The molecule has 0 amide bonds. The standard InChI is InChI=1S/C13H22N2O2S2/c1-10(7-8-18-3)15(2)13-6-5-11(9-12(13)14)19(4,16)17/h5-6,9-10H,7-8,14H2,1-4H3. The molecule has 0 heterocycles. The molecule has 0 bridgehead atoms. The second kappa shape index (κ2) is 6.52. The Morgan fingerprint density at radius 3 is 2.53 bits per heavy atom. The van der Waals surface area contributed by atoms with Gasteiger partial charge in [-0.2, -0.15) is 11.8 Å². The lowest BCUT2D eigenvalue weighted by Crippen LogP contribution is -2.30. The summed E-state index contributed by atoms with van der Waals surface area (Å²) >= 11 is 1.82. The van der Waals surface area contributed by atoms with E-state index in [2.05, 4.69) is 18.1 Å². The van der Waals surface area contributed by atoms with E-state index in [1.54, 1.807) is 12.1 Å². The molecule has 0 aliphatic heterocycles. The molecular weight excluding hydrogens is 280 g/mol. The van der Waals surface area contributed by atoms with Crippen LogP contribution in [0.4, 0.5) is 11.4 Å².